The van der Waals surface area contributed by atoms with Gasteiger partial charge in [0, 0.05) is 0 Å². The quantitative estimate of drug-likeness (QED) is 0.630. The van der Waals surface area contributed by atoms with E-state index in [0.29, 0.717) is 23.3 Å². The molecule has 2 aromatic rings. The van der Waals surface area contributed by atoms with Crippen LogP contribution >= 0.6 is 0 Å². The van der Waals surface area contributed by atoms with Gasteiger partial charge in [0.2, 0.25) is 10.0 Å². The highest BCUT2D eigenvalue weighted by molar-refractivity contribution is 7.89. The summed E-state index contributed by atoms with van der Waals surface area (Å²) in [6.07, 6.45) is 0.293. The lowest BCUT2D eigenvalue weighted by Gasteiger charge is -2.19. The number of carbonyl (C=O) groups is 1. The van der Waals surface area contributed by atoms with Crippen LogP contribution in [0.25, 0.3) is 0 Å². The molecule has 8 heteroatoms. The molecule has 0 saturated carbocycles. The molecular weight excluding hydrogens is 392 g/mol. The Kier molecular flexibility index (Phi) is 7.76. The molecule has 29 heavy (non-hydrogen) atoms. The van der Waals surface area contributed by atoms with Gasteiger partial charge < -0.3 is 9.47 Å². The molecule has 0 unspecified atom stereocenters. The maximum atomic E-state index is 12.7. The summed E-state index contributed by atoms with van der Waals surface area (Å²) in [5, 5.41) is 8.83. The number of carbonyl (C=O) groups excluding carboxylic acids is 1. The summed E-state index contributed by atoms with van der Waals surface area (Å²) in [5.41, 5.74) is 1.21. The summed E-state index contributed by atoms with van der Waals surface area (Å²) in [6.45, 7) is 3.77. The summed E-state index contributed by atoms with van der Waals surface area (Å²) in [5.74, 6) is -0.0503. The summed E-state index contributed by atoms with van der Waals surface area (Å²) < 4.78 is 38.2. The highest BCUT2D eigenvalue weighted by Crippen LogP contribution is 2.17. The number of nitrogens with zero attached hydrogens (tertiary/aromatic N) is 1. The van der Waals surface area contributed by atoms with Gasteiger partial charge >= 0.3 is 5.97 Å². The predicted octanol–water partition coefficient (Wildman–Crippen LogP) is 3.00. The Morgan fingerprint density at radius 3 is 2.24 bits per heavy atom. The number of ether oxygens (including phenoxy) is 2. The Balaban J connectivity index is 2.10. The number of hydrogen-bond donors (Lipinski definition) is 1. The van der Waals surface area contributed by atoms with Gasteiger partial charge in [-0.2, -0.15) is 9.98 Å². The van der Waals surface area contributed by atoms with Crippen molar-refractivity contribution in [1.29, 1.82) is 5.26 Å². The predicted molar refractivity (Wildman–Crippen MR) is 108 cm³/mol. The van der Waals surface area contributed by atoms with Crippen LogP contribution in [-0.4, -0.2) is 27.5 Å². The van der Waals surface area contributed by atoms with Crippen molar-refractivity contribution in [3.8, 4) is 11.8 Å². The van der Waals surface area contributed by atoms with Crippen LogP contribution in [0, 0.1) is 17.2 Å². The van der Waals surface area contributed by atoms with Crippen LogP contribution in [0.5, 0.6) is 5.75 Å². The number of nitrogens with one attached hydrogen (secondary N) is 1. The molecule has 0 fully saturated rings. The molecule has 0 spiro atoms. The smallest absolute Gasteiger partial charge is 0.324 e. The minimum absolute atomic E-state index is 0.0105. The third-order valence-corrected chi connectivity index (χ3v) is 5.61. The number of esters is 1. The Morgan fingerprint density at radius 1 is 1.10 bits per heavy atom. The van der Waals surface area contributed by atoms with Crippen LogP contribution in [0.2, 0.25) is 0 Å². The van der Waals surface area contributed by atoms with E-state index < -0.39 is 22.0 Å². The second kappa shape index (κ2) is 10.0. The van der Waals surface area contributed by atoms with Crippen LogP contribution in [0.3, 0.4) is 0 Å². The average molecular weight is 416 g/mol. The van der Waals surface area contributed by atoms with Crippen LogP contribution < -0.4 is 9.46 Å². The lowest BCUT2D eigenvalue weighted by molar-refractivity contribution is -0.147. The molecule has 0 amide bonds. The Bertz CT molecular complexity index is 962. The first kappa shape index (κ1) is 22.4. The van der Waals surface area contributed by atoms with Gasteiger partial charge in [-0.05, 0) is 54.3 Å². The fourth-order valence-electron chi connectivity index (χ4n) is 2.60. The second-order valence-electron chi connectivity index (χ2n) is 6.90. The van der Waals surface area contributed by atoms with Crippen molar-refractivity contribution in [1.82, 2.24) is 4.72 Å². The molecular formula is C21H24N2O5S. The van der Waals surface area contributed by atoms with Gasteiger partial charge in [-0.1, -0.05) is 26.0 Å². The summed E-state index contributed by atoms with van der Waals surface area (Å²) in [4.78, 5) is 12.6. The number of sulfonamides is 1. The monoisotopic (exact) mass is 416 g/mol. The lowest BCUT2D eigenvalue weighted by atomic mass is 10.0. The Morgan fingerprint density at radius 2 is 1.72 bits per heavy atom. The fraction of sp³-hybridized carbons (Fsp3) is 0.333. The molecule has 0 saturated heterocycles. The molecule has 0 aliphatic heterocycles. The Hall–Kier alpha value is -2.89. The van der Waals surface area contributed by atoms with E-state index in [2.05, 4.69) is 4.72 Å². The standard InChI is InChI=1S/C21H24N2O5S/c1-15(2)12-20(21(24)28-14-17-6-4-16(13-22)5-7-17)23-29(25,26)19-10-8-18(27-3)9-11-19/h4-11,15,20,23H,12,14H2,1-3H3/t20-/m1/s1. The topological polar surface area (TPSA) is 105 Å². The van der Waals surface area contributed by atoms with Crippen LogP contribution in [0.1, 0.15) is 31.4 Å². The molecule has 154 valence electrons. The van der Waals surface area contributed by atoms with E-state index in [1.165, 1.54) is 31.4 Å². The van der Waals surface area contributed by atoms with E-state index in [9.17, 15) is 13.2 Å². The minimum Gasteiger partial charge on any atom is -0.497 e. The van der Waals surface area contributed by atoms with Crippen molar-refractivity contribution in [2.75, 3.05) is 7.11 Å². The zero-order valence-electron chi connectivity index (χ0n) is 16.6. The molecule has 2 rings (SSSR count). The summed E-state index contributed by atoms with van der Waals surface area (Å²) in [6, 6.07) is 13.5. The Labute approximate surface area is 171 Å². The molecule has 0 aliphatic rings. The number of hydrogen-bond acceptors (Lipinski definition) is 6. The molecule has 1 atom stereocenters. The van der Waals surface area contributed by atoms with E-state index in [1.807, 2.05) is 19.9 Å². The first-order chi connectivity index (χ1) is 13.7. The largest absolute Gasteiger partial charge is 0.497 e. The first-order valence-electron chi connectivity index (χ1n) is 9.07. The minimum atomic E-state index is -3.91. The maximum Gasteiger partial charge on any atom is 0.324 e. The molecule has 1 N–H and O–H groups in total. The van der Waals surface area contributed by atoms with Crippen LogP contribution in [-0.2, 0) is 26.2 Å². The van der Waals surface area contributed by atoms with E-state index in [4.69, 9.17) is 14.7 Å². The van der Waals surface area contributed by atoms with Gasteiger partial charge in [-0.3, -0.25) is 4.79 Å². The molecule has 0 bridgehead atoms. The van der Waals surface area contributed by atoms with E-state index >= 15 is 0 Å². The zero-order valence-corrected chi connectivity index (χ0v) is 17.4. The third-order valence-electron chi connectivity index (χ3n) is 4.12. The second-order valence-corrected chi connectivity index (χ2v) is 8.61. The SMILES string of the molecule is COc1ccc(S(=O)(=O)N[C@H](CC(C)C)C(=O)OCc2ccc(C#N)cc2)cc1. The number of methoxy groups -OCH3 is 1. The van der Waals surface area contributed by atoms with Gasteiger partial charge in [-0.25, -0.2) is 8.42 Å². The van der Waals surface area contributed by atoms with Crippen molar-refractivity contribution < 1.29 is 22.7 Å². The van der Waals surface area contributed by atoms with Crippen molar-refractivity contribution in [2.24, 2.45) is 5.92 Å². The molecule has 7 nitrogen and oxygen atoms in total. The van der Waals surface area contributed by atoms with Gasteiger partial charge in [-0.15, -0.1) is 0 Å². The van der Waals surface area contributed by atoms with Gasteiger partial charge in [0.1, 0.15) is 18.4 Å². The van der Waals surface area contributed by atoms with Gasteiger partial charge in [0.05, 0.1) is 23.6 Å². The van der Waals surface area contributed by atoms with Crippen LogP contribution in [0.15, 0.2) is 53.4 Å². The summed E-state index contributed by atoms with van der Waals surface area (Å²) >= 11 is 0. The van der Waals surface area contributed by atoms with Crippen molar-refractivity contribution in [3.63, 3.8) is 0 Å². The van der Waals surface area contributed by atoms with Gasteiger partial charge in [0.25, 0.3) is 0 Å². The number of nitriles is 1. The highest BCUT2D eigenvalue weighted by Gasteiger charge is 2.27. The highest BCUT2D eigenvalue weighted by atomic mass is 32.2. The third kappa shape index (κ3) is 6.59. The van der Waals surface area contributed by atoms with Gasteiger partial charge in [0.15, 0.2) is 0 Å². The number of rotatable bonds is 9. The summed E-state index contributed by atoms with van der Waals surface area (Å²) in [7, 11) is -2.42. The molecule has 0 aromatic heterocycles. The zero-order chi connectivity index (χ0) is 21.4. The van der Waals surface area contributed by atoms with Crippen molar-refractivity contribution in [3.05, 3.63) is 59.7 Å². The van der Waals surface area contributed by atoms with E-state index in [0.717, 1.165) is 0 Å². The first-order valence-corrected chi connectivity index (χ1v) is 10.6. The number of benzene rings is 2. The maximum absolute atomic E-state index is 12.7. The molecule has 0 heterocycles. The van der Waals surface area contributed by atoms with E-state index in [1.54, 1.807) is 24.3 Å². The van der Waals surface area contributed by atoms with Crippen molar-refractivity contribution >= 4 is 16.0 Å². The fourth-order valence-corrected chi connectivity index (χ4v) is 3.80. The lowest BCUT2D eigenvalue weighted by Crippen LogP contribution is -2.42. The van der Waals surface area contributed by atoms with E-state index in [-0.39, 0.29) is 17.4 Å². The van der Waals surface area contributed by atoms with Crippen molar-refractivity contribution in [2.45, 2.75) is 37.8 Å². The molecule has 2 aromatic carbocycles. The molecule has 0 aliphatic carbocycles. The van der Waals surface area contributed by atoms with Crippen LogP contribution in [0.4, 0.5) is 0 Å². The normalized spacial score (nSPS) is 12.2. The average Bonchev–Trinajstić information content (AvgIpc) is 2.71. The molecule has 0 radical (unpaired) electrons.